The first-order chi connectivity index (χ1) is 40.6. The predicted molar refractivity (Wildman–Crippen MR) is 339 cm³/mol. The quantitative estimate of drug-likeness (QED) is 0.0228. The minimum absolute atomic E-state index is 0.0632. The molecule has 83 heavy (non-hydrogen) atoms. The minimum atomic E-state index is -1.96. The molecular weight excluding hydrogens is 1040 g/mol. The molecule has 0 amide bonds. The van der Waals surface area contributed by atoms with E-state index in [2.05, 4.69) is 185 Å². The maximum atomic E-state index is 13.1. The van der Waals surface area contributed by atoms with E-state index in [-0.39, 0.29) is 19.3 Å². The molecule has 12 heteroatoms. The summed E-state index contributed by atoms with van der Waals surface area (Å²) in [7, 11) is 0. The molecule has 6 unspecified atom stereocenters. The summed E-state index contributed by atoms with van der Waals surface area (Å²) in [6, 6.07) is 0. The number of unbranched alkanes of at least 4 members (excludes halogenated alkanes) is 2. The van der Waals surface area contributed by atoms with Gasteiger partial charge in [-0.15, -0.1) is 0 Å². The Balaban J connectivity index is 2.81. The van der Waals surface area contributed by atoms with Crippen molar-refractivity contribution >= 4 is 23.9 Å². The molecular formula is C71H102O12. The zero-order valence-electron chi connectivity index (χ0n) is 50.3. The van der Waals surface area contributed by atoms with Gasteiger partial charge in [0.1, 0.15) is 18.8 Å². The van der Waals surface area contributed by atoms with Gasteiger partial charge in [-0.3, -0.25) is 14.4 Å². The molecule has 0 saturated carbocycles. The van der Waals surface area contributed by atoms with E-state index in [1.54, 1.807) is 0 Å². The zero-order valence-corrected chi connectivity index (χ0v) is 50.3. The molecule has 1 saturated heterocycles. The molecule has 0 spiro atoms. The van der Waals surface area contributed by atoms with Crippen LogP contribution in [0.3, 0.4) is 0 Å². The number of carbonyl (C=O) groups is 4. The van der Waals surface area contributed by atoms with Gasteiger partial charge in [0.15, 0.2) is 24.6 Å². The molecule has 1 rings (SSSR count). The van der Waals surface area contributed by atoms with Crippen molar-refractivity contribution in [3.63, 3.8) is 0 Å². The minimum Gasteiger partial charge on any atom is -0.479 e. The number of hydrogen-bond donors (Lipinski definition) is 3. The Morgan fingerprint density at radius 2 is 0.735 bits per heavy atom. The summed E-state index contributed by atoms with van der Waals surface area (Å²) in [5.41, 5.74) is 0. The lowest BCUT2D eigenvalue weighted by Crippen LogP contribution is -2.61. The number of aliphatic carboxylic acids is 1. The molecule has 0 aliphatic carbocycles. The van der Waals surface area contributed by atoms with Crippen LogP contribution in [0.4, 0.5) is 0 Å². The first-order valence-corrected chi connectivity index (χ1v) is 30.4. The monoisotopic (exact) mass is 1150 g/mol. The van der Waals surface area contributed by atoms with Crippen molar-refractivity contribution in [2.24, 2.45) is 0 Å². The van der Waals surface area contributed by atoms with E-state index in [1.807, 2.05) is 30.4 Å². The molecule has 1 aliphatic heterocycles. The number of carboxylic acids is 1. The van der Waals surface area contributed by atoms with Crippen LogP contribution in [0, 0.1) is 0 Å². The highest BCUT2D eigenvalue weighted by Crippen LogP contribution is 2.26. The van der Waals surface area contributed by atoms with E-state index < -0.39 is 73.9 Å². The summed E-state index contributed by atoms with van der Waals surface area (Å²) in [5.74, 6) is -3.44. The number of hydrogen-bond acceptors (Lipinski definition) is 11. The first kappa shape index (κ1) is 74.6. The highest BCUT2D eigenvalue weighted by Gasteiger charge is 2.50. The number of carbonyl (C=O) groups excluding carboxylic acids is 3. The third-order valence-electron chi connectivity index (χ3n) is 12.2. The Bertz CT molecular complexity index is 2190. The van der Waals surface area contributed by atoms with Gasteiger partial charge in [0.2, 0.25) is 0 Å². The Kier molecular flexibility index (Phi) is 50.4. The maximum Gasteiger partial charge on any atom is 0.335 e. The van der Waals surface area contributed by atoms with E-state index >= 15 is 0 Å². The smallest absolute Gasteiger partial charge is 0.335 e. The average Bonchev–Trinajstić information content (AvgIpc) is 3.57. The summed E-state index contributed by atoms with van der Waals surface area (Å²) in [4.78, 5) is 51.2. The van der Waals surface area contributed by atoms with E-state index in [4.69, 9.17) is 23.7 Å². The molecule has 1 heterocycles. The Morgan fingerprint density at radius 3 is 1.10 bits per heavy atom. The Hall–Kier alpha value is -6.44. The number of rotatable bonds is 48. The molecule has 0 aromatic heterocycles. The summed E-state index contributed by atoms with van der Waals surface area (Å²) in [5, 5.41) is 31.5. The van der Waals surface area contributed by atoms with Crippen molar-refractivity contribution < 1.29 is 58.2 Å². The van der Waals surface area contributed by atoms with Crippen LogP contribution in [0.25, 0.3) is 0 Å². The van der Waals surface area contributed by atoms with Crippen LogP contribution in [0.15, 0.2) is 194 Å². The van der Waals surface area contributed by atoms with Crippen LogP contribution in [0.1, 0.15) is 175 Å². The van der Waals surface area contributed by atoms with Crippen molar-refractivity contribution in [1.82, 2.24) is 0 Å². The standard InChI is InChI=1S/C71H102O12/c1-4-7-10-13-16-19-22-25-28-30-32-34-37-39-42-45-48-51-54-57-63(72)79-60-62(81-64(73)58-55-52-49-46-43-40-36-27-24-21-18-15-12-9-6-3)61-80-71-69(67(76)66(75)68(83-71)70(77)78)82-65(74)59-56-53-50-47-44-41-38-35-33-31-29-26-23-20-17-14-11-8-5-2/h7-12,16-21,25-29,32-36,39,41-44,46,48,50-51,53,62,66-69,71,75-76H,4-6,13-15,22-24,30-31,37-38,40,45,47,49,52,54-61H2,1-3H3,(H,77,78)/b10-7-,11-8-,12-9-,19-16-,20-17-,21-18-,28-25-,29-26-,34-32-,35-33-,36-27-,42-39-,44-41-,46-43-,51-48-,53-50-. The van der Waals surface area contributed by atoms with Crippen molar-refractivity contribution in [2.45, 2.75) is 212 Å². The molecule has 0 bridgehead atoms. The van der Waals surface area contributed by atoms with Crippen molar-refractivity contribution in [2.75, 3.05) is 13.2 Å². The van der Waals surface area contributed by atoms with Crippen LogP contribution in [0.5, 0.6) is 0 Å². The topological polar surface area (TPSA) is 175 Å². The van der Waals surface area contributed by atoms with E-state index in [0.29, 0.717) is 32.1 Å². The number of ether oxygens (including phenoxy) is 5. The molecule has 6 atom stereocenters. The summed E-state index contributed by atoms with van der Waals surface area (Å²) in [6.07, 6.45) is 74.2. The van der Waals surface area contributed by atoms with Crippen LogP contribution in [-0.4, -0.2) is 89.2 Å². The molecule has 1 fully saturated rings. The summed E-state index contributed by atoms with van der Waals surface area (Å²) in [6.45, 7) is 5.49. The molecule has 458 valence electrons. The van der Waals surface area contributed by atoms with Crippen LogP contribution >= 0.6 is 0 Å². The third kappa shape index (κ3) is 45.7. The van der Waals surface area contributed by atoms with Gasteiger partial charge in [-0.1, -0.05) is 215 Å². The number of aliphatic hydroxyl groups excluding tert-OH is 2. The zero-order chi connectivity index (χ0) is 60.3. The van der Waals surface area contributed by atoms with Gasteiger partial charge in [-0.25, -0.2) is 4.79 Å². The van der Waals surface area contributed by atoms with Crippen molar-refractivity contribution in [1.29, 1.82) is 0 Å². The van der Waals surface area contributed by atoms with Crippen molar-refractivity contribution in [3.05, 3.63) is 194 Å². The molecule has 0 aromatic rings. The van der Waals surface area contributed by atoms with Gasteiger partial charge in [-0.05, 0) is 135 Å². The number of allylic oxidation sites excluding steroid dienone is 32. The third-order valence-corrected chi connectivity index (χ3v) is 12.2. The van der Waals surface area contributed by atoms with Crippen LogP contribution < -0.4 is 0 Å². The average molecular weight is 1150 g/mol. The van der Waals surface area contributed by atoms with Gasteiger partial charge in [0.05, 0.1) is 6.61 Å². The number of esters is 3. The lowest BCUT2D eigenvalue weighted by atomic mass is 9.98. The van der Waals surface area contributed by atoms with E-state index in [1.165, 1.54) is 0 Å². The van der Waals surface area contributed by atoms with Gasteiger partial charge in [0, 0.05) is 19.3 Å². The lowest BCUT2D eigenvalue weighted by Gasteiger charge is -2.40. The summed E-state index contributed by atoms with van der Waals surface area (Å²) >= 11 is 0. The lowest BCUT2D eigenvalue weighted by molar-refractivity contribution is -0.301. The number of carboxylic acid groups (broad SMARTS) is 1. The molecule has 0 radical (unpaired) electrons. The van der Waals surface area contributed by atoms with Crippen LogP contribution in [0.2, 0.25) is 0 Å². The molecule has 3 N–H and O–H groups in total. The van der Waals surface area contributed by atoms with Gasteiger partial charge in [0.25, 0.3) is 0 Å². The normalized spacial score (nSPS) is 19.0. The van der Waals surface area contributed by atoms with Gasteiger partial charge >= 0.3 is 23.9 Å². The first-order valence-electron chi connectivity index (χ1n) is 30.4. The second-order valence-corrected chi connectivity index (χ2v) is 19.5. The number of aliphatic hydroxyl groups is 2. The molecule has 0 aromatic carbocycles. The van der Waals surface area contributed by atoms with Gasteiger partial charge < -0.3 is 39.0 Å². The van der Waals surface area contributed by atoms with Crippen LogP contribution in [-0.2, 0) is 42.9 Å². The molecule has 1 aliphatic rings. The highest BCUT2D eigenvalue weighted by atomic mass is 16.7. The Labute approximate surface area is 499 Å². The Morgan fingerprint density at radius 1 is 0.398 bits per heavy atom. The van der Waals surface area contributed by atoms with E-state index in [0.717, 1.165) is 103 Å². The SMILES string of the molecule is CC/C=C\C/C=C\C/C=C\C/C=C\C/C=C\C/C=C\CCC(=O)OCC(COC1OC(C(=O)O)C(O)C(O)C1OC(=O)CC/C=C\C/C=C\C/C=C\C/C=C\C/C=C\C/C=C\CC)OC(=O)CCCC/C=C\C/C=C\C/C=C\C/C=C\CC. The fourth-order valence-corrected chi connectivity index (χ4v) is 7.64. The summed E-state index contributed by atoms with van der Waals surface area (Å²) < 4.78 is 28.2. The van der Waals surface area contributed by atoms with Crippen molar-refractivity contribution in [3.8, 4) is 0 Å². The fourth-order valence-electron chi connectivity index (χ4n) is 7.64. The predicted octanol–water partition coefficient (Wildman–Crippen LogP) is 16.2. The second-order valence-electron chi connectivity index (χ2n) is 19.5. The largest absolute Gasteiger partial charge is 0.479 e. The van der Waals surface area contributed by atoms with E-state index in [9.17, 15) is 34.5 Å². The maximum absolute atomic E-state index is 13.1. The van der Waals surface area contributed by atoms with Gasteiger partial charge in [-0.2, -0.15) is 0 Å². The fraction of sp³-hybridized carbons (Fsp3) is 0.493. The highest BCUT2D eigenvalue weighted by molar-refractivity contribution is 5.74. The molecule has 12 nitrogen and oxygen atoms in total. The second kappa shape index (κ2) is 56.1.